The van der Waals surface area contributed by atoms with Crippen molar-refractivity contribution in [3.63, 3.8) is 0 Å². The Hall–Kier alpha value is -3.12. The first-order valence-corrected chi connectivity index (χ1v) is 9.71. The molecule has 0 amide bonds. The fourth-order valence-corrected chi connectivity index (χ4v) is 3.45. The van der Waals surface area contributed by atoms with Gasteiger partial charge in [0.05, 0.1) is 4.88 Å². The number of nitrogens with zero attached hydrogens (tertiary/aromatic N) is 1. The van der Waals surface area contributed by atoms with Crippen molar-refractivity contribution in [2.75, 3.05) is 7.11 Å². The highest BCUT2D eigenvalue weighted by Crippen LogP contribution is 2.19. The van der Waals surface area contributed by atoms with E-state index in [1.807, 2.05) is 66.0 Å². The monoisotopic (exact) mass is 395 g/mol. The predicted octanol–water partition coefficient (Wildman–Crippen LogP) is 4.74. The maximum Gasteiger partial charge on any atom is 0.303 e. The molecule has 0 atom stereocenters. The second-order valence-corrected chi connectivity index (χ2v) is 7.07. The van der Waals surface area contributed by atoms with Gasteiger partial charge in [-0.25, -0.2) is 0 Å². The molecule has 0 fully saturated rings. The lowest BCUT2D eigenvalue weighted by Gasteiger charge is -2.09. The van der Waals surface area contributed by atoms with Crippen molar-refractivity contribution < 1.29 is 19.5 Å². The van der Waals surface area contributed by atoms with Crippen LogP contribution in [-0.2, 0) is 22.7 Å². The molecule has 3 rings (SSSR count). The van der Waals surface area contributed by atoms with Gasteiger partial charge in [-0.15, -0.1) is 11.3 Å². The molecule has 28 heavy (non-hydrogen) atoms. The topological polar surface area (TPSA) is 68.1 Å². The molecular weight excluding hydrogens is 374 g/mol. The Kier molecular flexibility index (Phi) is 6.81. The summed E-state index contributed by atoms with van der Waals surface area (Å²) in [7, 11) is 1.54. The fraction of sp³-hybridized carbons (Fsp3) is 0.182. The number of aliphatic carboxylic acids is 1. The van der Waals surface area contributed by atoms with E-state index in [-0.39, 0.29) is 6.42 Å². The standard InChI is InChI=1S/C22H21NO4S/c1-26-23-22(20-6-3-13-28-20)18-5-2-4-17(14-18)15-27-19-10-7-16(8-11-19)9-12-21(24)25/h2-8,10-11,13-14H,9,12,15H2,1H3,(H,24,25). The van der Waals surface area contributed by atoms with E-state index < -0.39 is 5.97 Å². The van der Waals surface area contributed by atoms with Crippen molar-refractivity contribution in [2.45, 2.75) is 19.4 Å². The molecule has 5 nitrogen and oxygen atoms in total. The van der Waals surface area contributed by atoms with Crippen molar-refractivity contribution in [3.05, 3.63) is 87.6 Å². The van der Waals surface area contributed by atoms with Crippen LogP contribution in [0.15, 0.2) is 71.2 Å². The highest BCUT2D eigenvalue weighted by molar-refractivity contribution is 7.12. The number of hydrogen-bond acceptors (Lipinski definition) is 5. The molecule has 0 spiro atoms. The van der Waals surface area contributed by atoms with Gasteiger partial charge in [0, 0.05) is 12.0 Å². The van der Waals surface area contributed by atoms with Gasteiger partial charge in [0.25, 0.3) is 0 Å². The quantitative estimate of drug-likeness (QED) is 0.420. The summed E-state index contributed by atoms with van der Waals surface area (Å²) in [5, 5.41) is 14.9. The fourth-order valence-electron chi connectivity index (χ4n) is 2.72. The number of aryl methyl sites for hydroxylation is 1. The van der Waals surface area contributed by atoms with Crippen LogP contribution in [0.5, 0.6) is 5.75 Å². The van der Waals surface area contributed by atoms with E-state index in [0.717, 1.165) is 33.0 Å². The van der Waals surface area contributed by atoms with Gasteiger partial charge in [-0.2, -0.15) is 0 Å². The SMILES string of the molecule is CON=C(c1cccc(COc2ccc(CCC(=O)O)cc2)c1)c1cccs1. The van der Waals surface area contributed by atoms with E-state index in [1.165, 1.54) is 0 Å². The molecule has 0 aliphatic rings. The molecule has 0 aliphatic carbocycles. The molecule has 0 bridgehead atoms. The molecule has 0 radical (unpaired) electrons. The number of carboxylic acids is 1. The normalized spacial score (nSPS) is 11.2. The minimum absolute atomic E-state index is 0.128. The zero-order valence-corrected chi connectivity index (χ0v) is 16.3. The van der Waals surface area contributed by atoms with Crippen molar-refractivity contribution in [1.82, 2.24) is 0 Å². The van der Waals surface area contributed by atoms with E-state index >= 15 is 0 Å². The van der Waals surface area contributed by atoms with Gasteiger partial charge in [0.15, 0.2) is 0 Å². The minimum Gasteiger partial charge on any atom is -0.489 e. The first-order valence-electron chi connectivity index (χ1n) is 8.83. The lowest BCUT2D eigenvalue weighted by molar-refractivity contribution is -0.136. The molecule has 0 saturated carbocycles. The van der Waals surface area contributed by atoms with Gasteiger partial charge < -0.3 is 14.7 Å². The summed E-state index contributed by atoms with van der Waals surface area (Å²) in [6.07, 6.45) is 0.643. The lowest BCUT2D eigenvalue weighted by Crippen LogP contribution is -2.04. The molecule has 0 saturated heterocycles. The first kappa shape index (κ1) is 19.6. The third-order valence-electron chi connectivity index (χ3n) is 4.09. The van der Waals surface area contributed by atoms with Crippen molar-refractivity contribution in [1.29, 1.82) is 0 Å². The minimum atomic E-state index is -0.792. The number of rotatable bonds is 9. The van der Waals surface area contributed by atoms with Gasteiger partial charge in [-0.3, -0.25) is 4.79 Å². The summed E-state index contributed by atoms with van der Waals surface area (Å²) in [4.78, 5) is 16.7. The number of oxime groups is 1. The molecular formula is C22H21NO4S. The molecule has 0 unspecified atom stereocenters. The van der Waals surface area contributed by atoms with Crippen LogP contribution in [0.1, 0.15) is 28.0 Å². The van der Waals surface area contributed by atoms with E-state index in [2.05, 4.69) is 5.16 Å². The summed E-state index contributed by atoms with van der Waals surface area (Å²) in [6, 6.07) is 19.5. The Morgan fingerprint density at radius 3 is 2.57 bits per heavy atom. The third kappa shape index (κ3) is 5.44. The van der Waals surface area contributed by atoms with Crippen LogP contribution in [0.2, 0.25) is 0 Å². The smallest absolute Gasteiger partial charge is 0.303 e. The van der Waals surface area contributed by atoms with E-state index in [4.69, 9.17) is 14.7 Å². The Balaban J connectivity index is 1.66. The highest BCUT2D eigenvalue weighted by Gasteiger charge is 2.10. The van der Waals surface area contributed by atoms with Gasteiger partial charge in [-0.1, -0.05) is 41.6 Å². The average Bonchev–Trinajstić information content (AvgIpc) is 3.24. The Morgan fingerprint density at radius 1 is 1.07 bits per heavy atom. The van der Waals surface area contributed by atoms with Crippen LogP contribution in [-0.4, -0.2) is 23.9 Å². The maximum absolute atomic E-state index is 10.7. The summed E-state index contributed by atoms with van der Waals surface area (Å²) in [5.74, 6) is -0.0485. The average molecular weight is 395 g/mol. The first-order chi connectivity index (χ1) is 13.7. The zero-order valence-electron chi connectivity index (χ0n) is 15.5. The summed E-state index contributed by atoms with van der Waals surface area (Å²) in [6.45, 7) is 0.424. The number of ether oxygens (including phenoxy) is 1. The molecule has 0 aliphatic heterocycles. The van der Waals surface area contributed by atoms with Gasteiger partial charge in [0.2, 0.25) is 0 Å². The summed E-state index contributed by atoms with van der Waals surface area (Å²) in [5.41, 5.74) is 3.76. The molecule has 144 valence electrons. The van der Waals surface area contributed by atoms with Crippen LogP contribution < -0.4 is 4.74 Å². The van der Waals surface area contributed by atoms with E-state index in [1.54, 1.807) is 18.4 Å². The highest BCUT2D eigenvalue weighted by atomic mass is 32.1. The number of carboxylic acid groups (broad SMARTS) is 1. The number of benzene rings is 2. The molecule has 2 aromatic carbocycles. The van der Waals surface area contributed by atoms with E-state index in [9.17, 15) is 4.79 Å². The Labute approximate surface area is 167 Å². The Bertz CT molecular complexity index is 933. The lowest BCUT2D eigenvalue weighted by atomic mass is 10.1. The van der Waals surface area contributed by atoms with Gasteiger partial charge in [0.1, 0.15) is 25.2 Å². The van der Waals surface area contributed by atoms with Crippen LogP contribution >= 0.6 is 11.3 Å². The van der Waals surface area contributed by atoms with Crippen LogP contribution in [0.4, 0.5) is 0 Å². The van der Waals surface area contributed by atoms with Crippen LogP contribution in [0.3, 0.4) is 0 Å². The largest absolute Gasteiger partial charge is 0.489 e. The summed E-state index contributed by atoms with van der Waals surface area (Å²) < 4.78 is 5.87. The Morgan fingerprint density at radius 2 is 1.89 bits per heavy atom. The zero-order chi connectivity index (χ0) is 19.8. The predicted molar refractivity (Wildman–Crippen MR) is 110 cm³/mol. The molecule has 1 N–H and O–H groups in total. The number of hydrogen-bond donors (Lipinski definition) is 1. The second-order valence-electron chi connectivity index (χ2n) is 6.13. The van der Waals surface area contributed by atoms with Crippen molar-refractivity contribution in [2.24, 2.45) is 5.16 Å². The molecule has 1 aromatic heterocycles. The maximum atomic E-state index is 10.7. The van der Waals surface area contributed by atoms with Crippen molar-refractivity contribution >= 4 is 23.0 Å². The van der Waals surface area contributed by atoms with Gasteiger partial charge >= 0.3 is 5.97 Å². The second kappa shape index (κ2) is 9.71. The number of thiophene rings is 1. The molecule has 1 heterocycles. The van der Waals surface area contributed by atoms with Crippen LogP contribution in [0.25, 0.3) is 0 Å². The van der Waals surface area contributed by atoms with E-state index in [0.29, 0.717) is 13.0 Å². The van der Waals surface area contributed by atoms with Gasteiger partial charge in [-0.05, 0) is 47.2 Å². The number of carbonyl (C=O) groups is 1. The molecule has 6 heteroatoms. The van der Waals surface area contributed by atoms with Crippen molar-refractivity contribution in [3.8, 4) is 5.75 Å². The molecule has 3 aromatic rings. The van der Waals surface area contributed by atoms with Crippen LogP contribution in [0, 0.1) is 0 Å². The summed E-state index contributed by atoms with van der Waals surface area (Å²) >= 11 is 1.61. The third-order valence-corrected chi connectivity index (χ3v) is 4.97.